The van der Waals surface area contributed by atoms with Gasteiger partial charge in [-0.05, 0) is 111 Å². The molecule has 9 rings (SSSR count). The highest BCUT2D eigenvalue weighted by Crippen LogP contribution is 2.64. The molecule has 1 saturated carbocycles. The molecule has 2 aliphatic carbocycles. The van der Waals surface area contributed by atoms with Crippen LogP contribution < -0.4 is 14.5 Å². The number of ether oxygens (including phenoxy) is 1. The first-order valence-electron chi connectivity index (χ1n) is 19.0. The van der Waals surface area contributed by atoms with Crippen molar-refractivity contribution in [1.29, 1.82) is 0 Å². The molecule has 2 saturated heterocycles. The number of carbonyl (C=O) groups is 5. The van der Waals surface area contributed by atoms with Gasteiger partial charge in [0, 0.05) is 34.3 Å². The Bertz CT molecular complexity index is 2580. The third kappa shape index (κ3) is 5.55. The van der Waals surface area contributed by atoms with E-state index in [1.54, 1.807) is 65.5 Å². The van der Waals surface area contributed by atoms with Gasteiger partial charge in [-0.25, -0.2) is 4.90 Å². The van der Waals surface area contributed by atoms with Crippen molar-refractivity contribution in [2.24, 2.45) is 36.1 Å². The quantitative estimate of drug-likeness (QED) is 0.0983. The summed E-state index contributed by atoms with van der Waals surface area (Å²) in [4.78, 5) is 74.0. The second-order valence-electron chi connectivity index (χ2n) is 15.6. The van der Waals surface area contributed by atoms with E-state index in [2.05, 4.69) is 0 Å². The Labute approximate surface area is 337 Å². The number of aryl methyl sites for hydroxylation is 2. The molecule has 6 atom stereocenters. The predicted octanol–water partition coefficient (Wildman–Crippen LogP) is 7.27. The molecular weight excluding hydrogens is 764 g/mol. The smallest absolute Gasteiger partial charge is 0.242 e. The third-order valence-electron chi connectivity index (χ3n) is 12.6. The second-order valence-corrected chi connectivity index (χ2v) is 17.1. The number of aliphatic hydroxyl groups excluding tert-OH is 1. The summed E-state index contributed by atoms with van der Waals surface area (Å²) in [5.74, 6) is -3.95. The van der Waals surface area contributed by atoms with Crippen LogP contribution in [0.3, 0.4) is 0 Å². The molecule has 4 aliphatic rings. The number of imide groups is 2. The van der Waals surface area contributed by atoms with Gasteiger partial charge < -0.3 is 9.84 Å². The molecule has 4 heterocycles. The Morgan fingerprint density at radius 3 is 2.40 bits per heavy atom. The lowest BCUT2D eigenvalue weighted by Crippen LogP contribution is -2.48. The van der Waals surface area contributed by atoms with Crippen molar-refractivity contribution >= 4 is 73.9 Å². The van der Waals surface area contributed by atoms with Gasteiger partial charge in [0.1, 0.15) is 23.9 Å². The number of Topliss-reactive ketones (excluding diaryl/α,β-unsaturated/α-hetero) is 1. The number of benzene rings is 3. The SMILES string of the molecule is CC(=O)c1ccc(N2C(=O)C3CC=C4C(CC5C(=O)N(c6cc(-c7sc8ccc(Cl)cc8c7C)nn6C)C(=O)C5(C)C4c4ccc(OCCO)cc4)C3C2=O)cc1. The standard InChI is InChI=1S/C44H39ClN4O7S/c1-22-31-19-26(45)9-16-35(31)57-39(22)34-21-36(47(4)46-34)49-41(53)33-20-32-29(38(44(33,3)43(49)55)25-7-12-28(13-8-25)56-18-17-50)14-15-30-37(32)42(54)48(40(30)52)27-10-5-24(6-11-27)23(2)51/h5-14,16,19,21,30,32-33,37-38,50H,15,17-18,20H2,1-4H3. The molecule has 13 heteroatoms. The molecule has 1 N–H and O–H groups in total. The van der Waals surface area contributed by atoms with Gasteiger partial charge >= 0.3 is 0 Å². The number of nitrogens with zero attached hydrogens (tertiary/aromatic N) is 4. The van der Waals surface area contributed by atoms with E-state index in [0.29, 0.717) is 40.0 Å². The molecule has 2 aromatic heterocycles. The summed E-state index contributed by atoms with van der Waals surface area (Å²) in [7, 11) is 1.72. The lowest BCUT2D eigenvalue weighted by molar-refractivity contribution is -0.131. The van der Waals surface area contributed by atoms with E-state index >= 15 is 4.79 Å². The molecule has 0 radical (unpaired) electrons. The van der Waals surface area contributed by atoms with Crippen LogP contribution in [0.15, 0.2) is 84.4 Å². The van der Waals surface area contributed by atoms with Crippen LogP contribution in [0.25, 0.3) is 20.7 Å². The van der Waals surface area contributed by atoms with Crippen LogP contribution in [0.5, 0.6) is 5.75 Å². The molecule has 5 aromatic rings. The Kier molecular flexibility index (Phi) is 8.87. The summed E-state index contributed by atoms with van der Waals surface area (Å²) in [6.07, 6.45) is 2.52. The molecule has 4 amide bonds. The van der Waals surface area contributed by atoms with Crippen LogP contribution >= 0.6 is 22.9 Å². The highest BCUT2D eigenvalue weighted by atomic mass is 35.5. The van der Waals surface area contributed by atoms with E-state index in [-0.39, 0.29) is 49.0 Å². The van der Waals surface area contributed by atoms with Crippen LogP contribution in [0.2, 0.25) is 5.02 Å². The van der Waals surface area contributed by atoms with E-state index in [1.165, 1.54) is 16.7 Å². The number of carbonyl (C=O) groups excluding carboxylic acids is 5. The summed E-state index contributed by atoms with van der Waals surface area (Å²) < 4.78 is 8.27. The number of hydrogen-bond donors (Lipinski definition) is 1. The number of ketones is 1. The number of hydrogen-bond acceptors (Lipinski definition) is 9. The highest BCUT2D eigenvalue weighted by molar-refractivity contribution is 7.22. The average Bonchev–Trinajstić information content (AvgIpc) is 3.87. The van der Waals surface area contributed by atoms with E-state index in [0.717, 1.165) is 31.7 Å². The van der Waals surface area contributed by atoms with E-state index in [9.17, 15) is 24.3 Å². The van der Waals surface area contributed by atoms with E-state index < -0.39 is 35.0 Å². The van der Waals surface area contributed by atoms with Crippen LogP contribution in [0.1, 0.15) is 54.1 Å². The molecule has 57 heavy (non-hydrogen) atoms. The van der Waals surface area contributed by atoms with Crippen LogP contribution in [0.4, 0.5) is 11.5 Å². The maximum atomic E-state index is 15.2. The van der Waals surface area contributed by atoms with E-state index in [4.69, 9.17) is 21.4 Å². The molecule has 3 fully saturated rings. The lowest BCUT2D eigenvalue weighted by Gasteiger charge is -2.49. The van der Waals surface area contributed by atoms with E-state index in [1.807, 2.05) is 50.3 Å². The van der Waals surface area contributed by atoms with Crippen molar-refractivity contribution in [2.45, 2.75) is 39.5 Å². The van der Waals surface area contributed by atoms with Gasteiger partial charge in [-0.15, -0.1) is 11.3 Å². The van der Waals surface area contributed by atoms with Gasteiger partial charge in [0.2, 0.25) is 23.6 Å². The first kappa shape index (κ1) is 37.2. The summed E-state index contributed by atoms with van der Waals surface area (Å²) in [5.41, 5.74) is 2.88. The molecule has 0 spiro atoms. The maximum Gasteiger partial charge on any atom is 0.242 e. The van der Waals surface area contributed by atoms with Crippen molar-refractivity contribution in [2.75, 3.05) is 23.0 Å². The van der Waals surface area contributed by atoms with Gasteiger partial charge in [0.25, 0.3) is 0 Å². The number of halogens is 1. The van der Waals surface area contributed by atoms with Gasteiger partial charge in [-0.3, -0.25) is 33.6 Å². The van der Waals surface area contributed by atoms with Crippen molar-refractivity contribution in [3.63, 3.8) is 0 Å². The topological polar surface area (TPSA) is 139 Å². The maximum absolute atomic E-state index is 15.2. The summed E-state index contributed by atoms with van der Waals surface area (Å²) in [5, 5.41) is 15.8. The zero-order valence-corrected chi connectivity index (χ0v) is 33.3. The number of aliphatic hydroxyl groups is 1. The van der Waals surface area contributed by atoms with Crippen LogP contribution in [-0.4, -0.2) is 57.5 Å². The van der Waals surface area contributed by atoms with Gasteiger partial charge in [-0.1, -0.05) is 35.4 Å². The highest BCUT2D eigenvalue weighted by Gasteiger charge is 2.68. The Hall–Kier alpha value is -5.43. The largest absolute Gasteiger partial charge is 0.491 e. The number of fused-ring (bicyclic) bond motifs is 5. The minimum absolute atomic E-state index is 0.117. The second kappa shape index (κ2) is 13.6. The number of rotatable bonds is 8. The summed E-state index contributed by atoms with van der Waals surface area (Å²) >= 11 is 7.89. The van der Waals surface area contributed by atoms with Crippen molar-refractivity contribution in [3.05, 3.63) is 106 Å². The lowest BCUT2D eigenvalue weighted by atomic mass is 9.51. The number of amides is 4. The fraction of sp³-hybridized carbons (Fsp3) is 0.318. The van der Waals surface area contributed by atoms with Crippen molar-refractivity contribution < 1.29 is 33.8 Å². The fourth-order valence-corrected chi connectivity index (χ4v) is 11.2. The Morgan fingerprint density at radius 2 is 1.70 bits per heavy atom. The van der Waals surface area contributed by atoms with Gasteiger partial charge in [0.05, 0.1) is 40.3 Å². The first-order chi connectivity index (χ1) is 27.3. The number of allylic oxidation sites excluding steroid dienone is 2. The van der Waals surface area contributed by atoms with Gasteiger partial charge in [-0.2, -0.15) is 5.10 Å². The average molecular weight is 803 g/mol. The first-order valence-corrected chi connectivity index (χ1v) is 20.2. The zero-order chi connectivity index (χ0) is 40.1. The number of aromatic nitrogens is 2. The Balaban J connectivity index is 1.13. The summed E-state index contributed by atoms with van der Waals surface area (Å²) in [6, 6.07) is 21.3. The molecule has 0 bridgehead atoms. The monoisotopic (exact) mass is 802 g/mol. The third-order valence-corrected chi connectivity index (χ3v) is 14.1. The molecule has 3 aromatic carbocycles. The minimum atomic E-state index is -1.25. The number of thiophene rings is 1. The summed E-state index contributed by atoms with van der Waals surface area (Å²) in [6.45, 7) is 5.28. The van der Waals surface area contributed by atoms with Gasteiger partial charge in [0.15, 0.2) is 5.78 Å². The van der Waals surface area contributed by atoms with Crippen molar-refractivity contribution in [1.82, 2.24) is 9.78 Å². The molecule has 11 nitrogen and oxygen atoms in total. The predicted molar refractivity (Wildman–Crippen MR) is 216 cm³/mol. The van der Waals surface area contributed by atoms with Crippen LogP contribution in [-0.2, 0) is 26.2 Å². The van der Waals surface area contributed by atoms with Crippen LogP contribution in [0, 0.1) is 36.0 Å². The molecule has 6 unspecified atom stereocenters. The Morgan fingerprint density at radius 1 is 0.965 bits per heavy atom. The minimum Gasteiger partial charge on any atom is -0.491 e. The fourth-order valence-electron chi connectivity index (χ4n) is 9.85. The zero-order valence-electron chi connectivity index (χ0n) is 31.7. The number of anilines is 2. The molecule has 2 aliphatic heterocycles. The molecular formula is C44H39ClN4O7S. The van der Waals surface area contributed by atoms with Crippen molar-refractivity contribution in [3.8, 4) is 16.3 Å². The normalized spacial score (nSPS) is 25.5. The molecule has 290 valence electrons.